The fourth-order valence-electron chi connectivity index (χ4n) is 2.17. The maximum absolute atomic E-state index is 3.59. The molecule has 1 aliphatic rings. The molecule has 0 aliphatic carbocycles. The smallest absolute Gasteiger partial charge is 0.0320 e. The molecule has 2 rings (SSSR count). The Morgan fingerprint density at radius 3 is 3.00 bits per heavy atom. The van der Waals surface area contributed by atoms with Crippen LogP contribution in [0.15, 0.2) is 24.3 Å². The second-order valence-corrected chi connectivity index (χ2v) is 4.10. The van der Waals surface area contributed by atoms with Crippen molar-refractivity contribution < 1.29 is 0 Å². The lowest BCUT2D eigenvalue weighted by Gasteiger charge is -2.24. The summed E-state index contributed by atoms with van der Waals surface area (Å²) in [6.07, 6.45) is 5.14. The molecule has 1 atom stereocenters. The Morgan fingerprint density at radius 1 is 1.36 bits per heavy atom. The summed E-state index contributed by atoms with van der Waals surface area (Å²) in [6, 6.07) is 9.61. The van der Waals surface area contributed by atoms with Crippen LogP contribution < -0.4 is 5.32 Å². The molecule has 1 N–H and O–H groups in total. The standard InChI is InChI=1S/C13H19N/c1-2-11-6-5-7-12(10-11)13-8-3-4-9-14-13/h5-7,10,13-14H,2-4,8-9H2,1H3/t13-/m0/s1. The first-order chi connectivity index (χ1) is 6.90. The Morgan fingerprint density at radius 2 is 2.29 bits per heavy atom. The van der Waals surface area contributed by atoms with Gasteiger partial charge in [-0.15, -0.1) is 0 Å². The summed E-state index contributed by atoms with van der Waals surface area (Å²) >= 11 is 0. The average molecular weight is 189 g/mol. The van der Waals surface area contributed by atoms with Crippen LogP contribution in [0.1, 0.15) is 43.4 Å². The number of rotatable bonds is 2. The molecule has 0 unspecified atom stereocenters. The molecule has 0 bridgehead atoms. The highest BCUT2D eigenvalue weighted by Crippen LogP contribution is 2.23. The SMILES string of the molecule is CCc1cccc([C@@H]2CCCCN2)c1. The largest absolute Gasteiger partial charge is 0.310 e. The Balaban J connectivity index is 2.13. The summed E-state index contributed by atoms with van der Waals surface area (Å²) in [7, 11) is 0. The quantitative estimate of drug-likeness (QED) is 0.754. The van der Waals surface area contributed by atoms with E-state index in [0.29, 0.717) is 6.04 Å². The van der Waals surface area contributed by atoms with Gasteiger partial charge < -0.3 is 5.32 Å². The van der Waals surface area contributed by atoms with Gasteiger partial charge in [-0.3, -0.25) is 0 Å². The van der Waals surface area contributed by atoms with Crippen LogP contribution in [0.4, 0.5) is 0 Å². The predicted molar refractivity (Wildman–Crippen MR) is 60.4 cm³/mol. The van der Waals surface area contributed by atoms with E-state index in [1.807, 2.05) is 0 Å². The predicted octanol–water partition coefficient (Wildman–Crippen LogP) is 3.06. The molecule has 1 aromatic rings. The zero-order chi connectivity index (χ0) is 9.80. The molecule has 76 valence electrons. The normalized spacial score (nSPS) is 22.2. The van der Waals surface area contributed by atoms with Crippen molar-refractivity contribution in [3.8, 4) is 0 Å². The minimum Gasteiger partial charge on any atom is -0.310 e. The van der Waals surface area contributed by atoms with Crippen LogP contribution in [0.2, 0.25) is 0 Å². The van der Waals surface area contributed by atoms with Crippen molar-refractivity contribution >= 4 is 0 Å². The molecular formula is C13H19N. The third kappa shape index (κ3) is 2.16. The van der Waals surface area contributed by atoms with Crippen LogP contribution in [0.25, 0.3) is 0 Å². The summed E-state index contributed by atoms with van der Waals surface area (Å²) in [5.41, 5.74) is 2.93. The molecule has 1 aromatic carbocycles. The third-order valence-electron chi connectivity index (χ3n) is 3.07. The van der Waals surface area contributed by atoms with Crippen LogP contribution in [0, 0.1) is 0 Å². The molecule has 0 saturated carbocycles. The second kappa shape index (κ2) is 4.61. The highest BCUT2D eigenvalue weighted by Gasteiger charge is 2.14. The summed E-state index contributed by atoms with van der Waals surface area (Å²) in [6.45, 7) is 3.40. The van der Waals surface area contributed by atoms with Gasteiger partial charge in [-0.05, 0) is 36.9 Å². The maximum atomic E-state index is 3.59. The summed E-state index contributed by atoms with van der Waals surface area (Å²) < 4.78 is 0. The molecule has 1 fully saturated rings. The fraction of sp³-hybridized carbons (Fsp3) is 0.538. The molecule has 0 amide bonds. The van der Waals surface area contributed by atoms with Gasteiger partial charge in [-0.2, -0.15) is 0 Å². The van der Waals surface area contributed by atoms with E-state index < -0.39 is 0 Å². The van der Waals surface area contributed by atoms with E-state index in [1.54, 1.807) is 0 Å². The summed E-state index contributed by atoms with van der Waals surface area (Å²) in [5.74, 6) is 0. The summed E-state index contributed by atoms with van der Waals surface area (Å²) in [4.78, 5) is 0. The maximum Gasteiger partial charge on any atom is 0.0320 e. The van der Waals surface area contributed by atoms with Gasteiger partial charge in [-0.1, -0.05) is 37.6 Å². The number of benzene rings is 1. The molecule has 0 spiro atoms. The van der Waals surface area contributed by atoms with E-state index in [2.05, 4.69) is 36.5 Å². The van der Waals surface area contributed by atoms with Gasteiger partial charge in [0.05, 0.1) is 0 Å². The van der Waals surface area contributed by atoms with Gasteiger partial charge in [0.25, 0.3) is 0 Å². The Labute approximate surface area is 86.5 Å². The summed E-state index contributed by atoms with van der Waals surface area (Å²) in [5, 5.41) is 3.59. The van der Waals surface area contributed by atoms with Crippen molar-refractivity contribution in [3.63, 3.8) is 0 Å². The first kappa shape index (κ1) is 9.72. The van der Waals surface area contributed by atoms with Gasteiger partial charge in [-0.25, -0.2) is 0 Å². The lowest BCUT2D eigenvalue weighted by Crippen LogP contribution is -2.26. The van der Waals surface area contributed by atoms with E-state index >= 15 is 0 Å². The van der Waals surface area contributed by atoms with E-state index in [0.717, 1.165) is 6.42 Å². The zero-order valence-corrected chi connectivity index (χ0v) is 8.92. The Bertz CT molecular complexity index is 287. The number of nitrogens with one attached hydrogen (secondary N) is 1. The second-order valence-electron chi connectivity index (χ2n) is 4.10. The van der Waals surface area contributed by atoms with Crippen molar-refractivity contribution in [3.05, 3.63) is 35.4 Å². The van der Waals surface area contributed by atoms with Gasteiger partial charge in [0, 0.05) is 6.04 Å². The molecule has 14 heavy (non-hydrogen) atoms. The Hall–Kier alpha value is -0.820. The molecule has 0 aromatic heterocycles. The number of hydrogen-bond donors (Lipinski definition) is 1. The molecule has 1 saturated heterocycles. The van der Waals surface area contributed by atoms with Gasteiger partial charge >= 0.3 is 0 Å². The van der Waals surface area contributed by atoms with Crippen molar-refractivity contribution in [2.24, 2.45) is 0 Å². The van der Waals surface area contributed by atoms with Crippen LogP contribution in [0.5, 0.6) is 0 Å². The van der Waals surface area contributed by atoms with Crippen LogP contribution in [-0.4, -0.2) is 6.54 Å². The van der Waals surface area contributed by atoms with Crippen molar-refractivity contribution in [1.82, 2.24) is 5.32 Å². The highest BCUT2D eigenvalue weighted by molar-refractivity contribution is 5.26. The van der Waals surface area contributed by atoms with E-state index in [-0.39, 0.29) is 0 Å². The minimum absolute atomic E-state index is 0.607. The van der Waals surface area contributed by atoms with Gasteiger partial charge in [0.1, 0.15) is 0 Å². The molecule has 1 nitrogen and oxygen atoms in total. The highest BCUT2D eigenvalue weighted by atomic mass is 14.9. The number of hydrogen-bond acceptors (Lipinski definition) is 1. The lowest BCUT2D eigenvalue weighted by atomic mass is 9.96. The molecule has 1 heterocycles. The van der Waals surface area contributed by atoms with Crippen LogP contribution in [-0.2, 0) is 6.42 Å². The van der Waals surface area contributed by atoms with E-state index in [9.17, 15) is 0 Å². The van der Waals surface area contributed by atoms with Crippen molar-refractivity contribution in [2.45, 2.75) is 38.6 Å². The molecule has 1 heteroatoms. The third-order valence-corrected chi connectivity index (χ3v) is 3.07. The monoisotopic (exact) mass is 189 g/mol. The first-order valence-corrected chi connectivity index (χ1v) is 5.72. The molecule has 0 radical (unpaired) electrons. The fourth-order valence-corrected chi connectivity index (χ4v) is 2.17. The van der Waals surface area contributed by atoms with Gasteiger partial charge in [0.15, 0.2) is 0 Å². The molecule has 1 aliphatic heterocycles. The van der Waals surface area contributed by atoms with Crippen molar-refractivity contribution in [2.75, 3.05) is 6.54 Å². The number of piperidine rings is 1. The van der Waals surface area contributed by atoms with E-state index in [4.69, 9.17) is 0 Å². The minimum atomic E-state index is 0.607. The van der Waals surface area contributed by atoms with Gasteiger partial charge in [0.2, 0.25) is 0 Å². The molecular weight excluding hydrogens is 170 g/mol. The lowest BCUT2D eigenvalue weighted by molar-refractivity contribution is 0.412. The average Bonchev–Trinajstić information content (AvgIpc) is 2.30. The first-order valence-electron chi connectivity index (χ1n) is 5.72. The zero-order valence-electron chi connectivity index (χ0n) is 8.92. The number of aryl methyl sites for hydroxylation is 1. The topological polar surface area (TPSA) is 12.0 Å². The van der Waals surface area contributed by atoms with E-state index in [1.165, 1.54) is 36.9 Å². The van der Waals surface area contributed by atoms with Crippen LogP contribution >= 0.6 is 0 Å². The van der Waals surface area contributed by atoms with Crippen LogP contribution in [0.3, 0.4) is 0 Å². The van der Waals surface area contributed by atoms with Crippen molar-refractivity contribution in [1.29, 1.82) is 0 Å². The Kier molecular flexibility index (Phi) is 3.20.